The number of allylic oxidation sites excluding steroid dienone is 4. The lowest BCUT2D eigenvalue weighted by molar-refractivity contribution is 0.661. The lowest BCUT2D eigenvalue weighted by Gasteiger charge is -2.28. The molecule has 0 aromatic rings. The number of fused-ring (bicyclic) bond motifs is 3. The summed E-state index contributed by atoms with van der Waals surface area (Å²) in [5.74, 6) is 0. The van der Waals surface area contributed by atoms with Crippen molar-refractivity contribution in [2.24, 2.45) is 9.98 Å². The summed E-state index contributed by atoms with van der Waals surface area (Å²) >= 11 is 0. The van der Waals surface area contributed by atoms with Gasteiger partial charge in [-0.15, -0.1) is 0 Å². The van der Waals surface area contributed by atoms with E-state index in [0.29, 0.717) is 0 Å². The van der Waals surface area contributed by atoms with Gasteiger partial charge in [0, 0.05) is 12.4 Å². The van der Waals surface area contributed by atoms with Gasteiger partial charge in [-0.05, 0) is 23.3 Å². The van der Waals surface area contributed by atoms with Crippen LogP contribution in [0, 0.1) is 0 Å². The Morgan fingerprint density at radius 2 is 1.29 bits per heavy atom. The highest BCUT2D eigenvalue weighted by molar-refractivity contribution is 5.78. The molecule has 0 fully saturated rings. The first-order valence-corrected chi connectivity index (χ1v) is 4.76. The predicted molar refractivity (Wildman–Crippen MR) is 59.0 cm³/mol. The molecule has 1 aliphatic carbocycles. The minimum absolute atomic E-state index is 0.196. The lowest BCUT2D eigenvalue weighted by atomic mass is 9.86. The molecule has 2 heteroatoms. The quantitative estimate of drug-likeness (QED) is 0.546. The zero-order valence-electron chi connectivity index (χ0n) is 7.67. The van der Waals surface area contributed by atoms with Crippen molar-refractivity contribution in [2.75, 3.05) is 0 Å². The van der Waals surface area contributed by atoms with E-state index in [1.54, 1.807) is 0 Å². The first kappa shape index (κ1) is 7.68. The Hall–Kier alpha value is -1.70. The average molecular weight is 182 g/mol. The summed E-state index contributed by atoms with van der Waals surface area (Å²) in [6.07, 6.45) is 16.2. The molecule has 0 spiro atoms. The van der Waals surface area contributed by atoms with Crippen molar-refractivity contribution in [3.05, 3.63) is 47.6 Å². The molecular formula is C12H10N2. The minimum atomic E-state index is 0.196. The topological polar surface area (TPSA) is 24.7 Å². The second-order valence-corrected chi connectivity index (χ2v) is 3.54. The Morgan fingerprint density at radius 3 is 1.79 bits per heavy atom. The monoisotopic (exact) mass is 182 g/mol. The molecule has 0 saturated heterocycles. The van der Waals surface area contributed by atoms with E-state index in [-0.39, 0.29) is 12.1 Å². The molecule has 0 amide bonds. The van der Waals surface area contributed by atoms with Crippen molar-refractivity contribution < 1.29 is 0 Å². The van der Waals surface area contributed by atoms with Crippen LogP contribution in [0.25, 0.3) is 0 Å². The van der Waals surface area contributed by atoms with E-state index in [9.17, 15) is 0 Å². The Labute approximate surface area is 82.8 Å². The Bertz CT molecular complexity index is 391. The second kappa shape index (κ2) is 2.91. The number of nitrogens with zero attached hydrogens (tertiary/aromatic N) is 2. The van der Waals surface area contributed by atoms with Gasteiger partial charge in [0.05, 0.1) is 0 Å². The van der Waals surface area contributed by atoms with Crippen LogP contribution in [-0.4, -0.2) is 24.5 Å². The summed E-state index contributed by atoms with van der Waals surface area (Å²) in [5.41, 5.74) is 2.52. The maximum absolute atomic E-state index is 4.47. The van der Waals surface area contributed by atoms with E-state index in [2.05, 4.69) is 34.3 Å². The van der Waals surface area contributed by atoms with Crippen LogP contribution in [0.15, 0.2) is 57.6 Å². The van der Waals surface area contributed by atoms with E-state index in [1.807, 2.05) is 24.6 Å². The summed E-state index contributed by atoms with van der Waals surface area (Å²) in [4.78, 5) is 8.93. The molecule has 68 valence electrons. The van der Waals surface area contributed by atoms with Gasteiger partial charge in [-0.25, -0.2) is 0 Å². The first-order chi connectivity index (χ1) is 6.95. The van der Waals surface area contributed by atoms with Crippen LogP contribution in [0.1, 0.15) is 0 Å². The standard InChI is InChI=1S/C12H10N2/c1-3-9-5-6-10-4-2-8-14-12(10)11(9)13-7-1/h1-8,11-12H. The highest BCUT2D eigenvalue weighted by Gasteiger charge is 2.28. The molecule has 2 aliphatic heterocycles. The van der Waals surface area contributed by atoms with E-state index >= 15 is 0 Å². The summed E-state index contributed by atoms with van der Waals surface area (Å²) in [5, 5.41) is 0. The van der Waals surface area contributed by atoms with Gasteiger partial charge in [-0.1, -0.05) is 24.3 Å². The van der Waals surface area contributed by atoms with Crippen LogP contribution < -0.4 is 0 Å². The molecule has 0 N–H and O–H groups in total. The molecule has 0 saturated carbocycles. The fraction of sp³-hybridized carbons (Fsp3) is 0.167. The smallest absolute Gasteiger partial charge is 0.101 e. The van der Waals surface area contributed by atoms with Gasteiger partial charge >= 0.3 is 0 Å². The molecule has 2 unspecified atom stereocenters. The third kappa shape index (κ3) is 1.04. The van der Waals surface area contributed by atoms with E-state index in [1.165, 1.54) is 11.1 Å². The molecule has 2 nitrogen and oxygen atoms in total. The Kier molecular flexibility index (Phi) is 1.60. The van der Waals surface area contributed by atoms with Gasteiger partial charge in [0.2, 0.25) is 0 Å². The second-order valence-electron chi connectivity index (χ2n) is 3.54. The van der Waals surface area contributed by atoms with E-state index in [4.69, 9.17) is 0 Å². The van der Waals surface area contributed by atoms with Crippen molar-refractivity contribution in [3.8, 4) is 0 Å². The Morgan fingerprint density at radius 1 is 0.786 bits per heavy atom. The third-order valence-corrected chi connectivity index (χ3v) is 2.69. The normalized spacial score (nSPS) is 32.0. The molecule has 2 atom stereocenters. The van der Waals surface area contributed by atoms with Crippen LogP contribution in [0.5, 0.6) is 0 Å². The summed E-state index contributed by atoms with van der Waals surface area (Å²) in [7, 11) is 0. The van der Waals surface area contributed by atoms with Crippen molar-refractivity contribution in [1.29, 1.82) is 0 Å². The molecule has 0 aromatic heterocycles. The largest absolute Gasteiger partial charge is 0.282 e. The van der Waals surface area contributed by atoms with Crippen molar-refractivity contribution in [2.45, 2.75) is 12.1 Å². The van der Waals surface area contributed by atoms with Crippen LogP contribution >= 0.6 is 0 Å². The highest BCUT2D eigenvalue weighted by Crippen LogP contribution is 2.29. The van der Waals surface area contributed by atoms with E-state index < -0.39 is 0 Å². The maximum Gasteiger partial charge on any atom is 0.101 e. The van der Waals surface area contributed by atoms with Crippen LogP contribution in [-0.2, 0) is 0 Å². The van der Waals surface area contributed by atoms with Gasteiger partial charge in [0.25, 0.3) is 0 Å². The van der Waals surface area contributed by atoms with Crippen LogP contribution in [0.2, 0.25) is 0 Å². The molecular weight excluding hydrogens is 172 g/mol. The lowest BCUT2D eigenvalue weighted by Crippen LogP contribution is -2.30. The third-order valence-electron chi connectivity index (χ3n) is 2.69. The fourth-order valence-electron chi connectivity index (χ4n) is 1.99. The molecule has 0 bridgehead atoms. The molecule has 3 aliphatic rings. The molecule has 0 aromatic carbocycles. The molecule has 0 radical (unpaired) electrons. The summed E-state index contributed by atoms with van der Waals surface area (Å²) in [6.45, 7) is 0. The van der Waals surface area contributed by atoms with Gasteiger partial charge in [0.1, 0.15) is 12.1 Å². The Balaban J connectivity index is 2.08. The van der Waals surface area contributed by atoms with Gasteiger partial charge in [-0.3, -0.25) is 9.98 Å². The molecule has 2 heterocycles. The highest BCUT2D eigenvalue weighted by atomic mass is 14.9. The zero-order chi connectivity index (χ0) is 9.38. The number of hydrogen-bond donors (Lipinski definition) is 0. The SMILES string of the molecule is C1=CC2=CC=C3C=CC=NC3C2N=C1. The van der Waals surface area contributed by atoms with Crippen molar-refractivity contribution in [3.63, 3.8) is 0 Å². The van der Waals surface area contributed by atoms with Gasteiger partial charge < -0.3 is 0 Å². The van der Waals surface area contributed by atoms with Crippen molar-refractivity contribution in [1.82, 2.24) is 0 Å². The number of rotatable bonds is 0. The van der Waals surface area contributed by atoms with Gasteiger partial charge in [-0.2, -0.15) is 0 Å². The zero-order valence-corrected chi connectivity index (χ0v) is 7.67. The van der Waals surface area contributed by atoms with Crippen molar-refractivity contribution >= 4 is 12.4 Å². The number of hydrogen-bond acceptors (Lipinski definition) is 2. The summed E-state index contributed by atoms with van der Waals surface area (Å²) in [6, 6.07) is 0.391. The summed E-state index contributed by atoms with van der Waals surface area (Å²) < 4.78 is 0. The van der Waals surface area contributed by atoms with E-state index in [0.717, 1.165) is 0 Å². The predicted octanol–water partition coefficient (Wildman–Crippen LogP) is 1.87. The maximum atomic E-state index is 4.47. The fourth-order valence-corrected chi connectivity index (χ4v) is 1.99. The van der Waals surface area contributed by atoms with Crippen LogP contribution in [0.4, 0.5) is 0 Å². The van der Waals surface area contributed by atoms with Crippen LogP contribution in [0.3, 0.4) is 0 Å². The number of dihydropyridines is 2. The average Bonchev–Trinajstić information content (AvgIpc) is 2.29. The molecule has 14 heavy (non-hydrogen) atoms. The molecule has 3 rings (SSSR count). The first-order valence-electron chi connectivity index (χ1n) is 4.76. The minimum Gasteiger partial charge on any atom is -0.282 e. The van der Waals surface area contributed by atoms with Gasteiger partial charge in [0.15, 0.2) is 0 Å². The number of aliphatic imine (C=N–C) groups is 2.